The first-order valence-corrected chi connectivity index (χ1v) is 8.94. The molecule has 1 amide bonds. The van der Waals surface area contributed by atoms with Gasteiger partial charge >= 0.3 is 0 Å². The van der Waals surface area contributed by atoms with E-state index >= 15 is 0 Å². The fourth-order valence-corrected chi connectivity index (χ4v) is 3.26. The van der Waals surface area contributed by atoms with E-state index in [0.717, 1.165) is 12.1 Å². The Morgan fingerprint density at radius 2 is 1.77 bits per heavy atom. The molecule has 4 aromatic rings. The largest absolute Gasteiger partial charge is 0.324 e. The molecule has 0 unspecified atom stereocenters. The van der Waals surface area contributed by atoms with Crippen LogP contribution < -0.4 is 10.9 Å². The summed E-state index contributed by atoms with van der Waals surface area (Å²) in [5, 5.41) is 2.33. The summed E-state index contributed by atoms with van der Waals surface area (Å²) < 4.78 is 44.2. The number of pyridine rings is 1. The Hall–Kier alpha value is -3.88. The summed E-state index contributed by atoms with van der Waals surface area (Å²) in [5.41, 5.74) is 0.714. The molecule has 6 nitrogen and oxygen atoms in total. The predicted molar refractivity (Wildman–Crippen MR) is 105 cm³/mol. The Morgan fingerprint density at radius 3 is 2.53 bits per heavy atom. The van der Waals surface area contributed by atoms with Crippen molar-refractivity contribution in [2.75, 3.05) is 5.32 Å². The monoisotopic (exact) mass is 412 g/mol. The Morgan fingerprint density at radius 1 is 1.00 bits per heavy atom. The van der Waals surface area contributed by atoms with Crippen LogP contribution in [0, 0.1) is 17.5 Å². The topological polar surface area (TPSA) is 68.9 Å². The van der Waals surface area contributed by atoms with Gasteiger partial charge in [-0.3, -0.25) is 9.59 Å². The Bertz CT molecular complexity index is 1310. The quantitative estimate of drug-likeness (QED) is 0.494. The highest BCUT2D eigenvalue weighted by molar-refractivity contribution is 5.76. The molecule has 0 spiro atoms. The number of benzene rings is 2. The molecule has 0 saturated carbocycles. The zero-order valence-corrected chi connectivity index (χ0v) is 15.5. The number of aromatic nitrogens is 3. The van der Waals surface area contributed by atoms with Gasteiger partial charge in [0, 0.05) is 23.9 Å². The van der Waals surface area contributed by atoms with Gasteiger partial charge in [0.15, 0.2) is 0 Å². The number of nitrogens with zero attached hydrogens (tertiary/aromatic N) is 3. The lowest BCUT2D eigenvalue weighted by atomic mass is 10.2. The third kappa shape index (κ3) is 3.69. The molecule has 1 N–H and O–H groups in total. The summed E-state index contributed by atoms with van der Waals surface area (Å²) in [6.45, 7) is -0.00304. The van der Waals surface area contributed by atoms with Crippen LogP contribution in [0.5, 0.6) is 0 Å². The van der Waals surface area contributed by atoms with E-state index in [-0.39, 0.29) is 24.3 Å². The van der Waals surface area contributed by atoms with Crippen molar-refractivity contribution in [3.8, 4) is 0 Å². The van der Waals surface area contributed by atoms with E-state index < -0.39 is 23.0 Å². The van der Waals surface area contributed by atoms with Crippen LogP contribution >= 0.6 is 0 Å². The minimum Gasteiger partial charge on any atom is -0.324 e. The van der Waals surface area contributed by atoms with Crippen molar-refractivity contribution in [2.45, 2.75) is 13.1 Å². The second-order valence-electron chi connectivity index (χ2n) is 6.60. The highest BCUT2D eigenvalue weighted by Crippen LogP contribution is 2.21. The average molecular weight is 412 g/mol. The molecule has 4 rings (SSSR count). The van der Waals surface area contributed by atoms with Crippen molar-refractivity contribution < 1.29 is 18.0 Å². The molecule has 9 heteroatoms. The fraction of sp³-hybridized carbons (Fsp3) is 0.0952. The van der Waals surface area contributed by atoms with Crippen LogP contribution in [0.4, 0.5) is 18.9 Å². The second kappa shape index (κ2) is 7.86. The van der Waals surface area contributed by atoms with Gasteiger partial charge in [0.05, 0.1) is 24.1 Å². The number of fused-ring (bicyclic) bond motifs is 1. The lowest BCUT2D eigenvalue weighted by molar-refractivity contribution is -0.105. The van der Waals surface area contributed by atoms with E-state index in [2.05, 4.69) is 10.3 Å². The zero-order chi connectivity index (χ0) is 21.3. The van der Waals surface area contributed by atoms with Gasteiger partial charge in [-0.1, -0.05) is 6.07 Å². The molecule has 0 aliphatic heterocycles. The maximum atomic E-state index is 14.2. The molecule has 0 saturated heterocycles. The second-order valence-corrected chi connectivity index (χ2v) is 6.60. The summed E-state index contributed by atoms with van der Waals surface area (Å²) in [6, 6.07) is 10.3. The molecule has 2 heterocycles. The number of carbonyl (C=O) groups is 1. The van der Waals surface area contributed by atoms with Crippen LogP contribution in [-0.2, 0) is 17.9 Å². The third-order valence-electron chi connectivity index (χ3n) is 4.68. The number of hydrogen-bond donors (Lipinski definition) is 1. The maximum absolute atomic E-state index is 14.2. The third-order valence-corrected chi connectivity index (χ3v) is 4.68. The number of rotatable bonds is 6. The van der Waals surface area contributed by atoms with E-state index in [1.54, 1.807) is 10.6 Å². The molecular formula is C21H15F3N4O2. The van der Waals surface area contributed by atoms with Crippen LogP contribution in [0.1, 0.15) is 11.4 Å². The molecule has 152 valence electrons. The predicted octanol–water partition coefficient (Wildman–Crippen LogP) is 3.28. The van der Waals surface area contributed by atoms with E-state index in [0.29, 0.717) is 23.3 Å². The van der Waals surface area contributed by atoms with Crippen molar-refractivity contribution in [1.29, 1.82) is 0 Å². The normalized spacial score (nSPS) is 11.0. The molecule has 0 fully saturated rings. The number of nitrogens with one attached hydrogen (secondary N) is 1. The van der Waals surface area contributed by atoms with Crippen molar-refractivity contribution in [3.05, 3.63) is 93.9 Å². The number of hydrogen-bond acceptors (Lipinski definition) is 3. The molecular weight excluding hydrogens is 397 g/mol. The van der Waals surface area contributed by atoms with Gasteiger partial charge in [0.25, 0.3) is 5.56 Å². The first kappa shape index (κ1) is 19.4. The van der Waals surface area contributed by atoms with E-state index in [1.165, 1.54) is 41.1 Å². The summed E-state index contributed by atoms with van der Waals surface area (Å²) >= 11 is 0. The molecule has 0 aliphatic carbocycles. The van der Waals surface area contributed by atoms with Gasteiger partial charge < -0.3 is 14.5 Å². The average Bonchev–Trinajstić information content (AvgIpc) is 3.03. The first-order valence-electron chi connectivity index (χ1n) is 8.94. The lowest BCUT2D eigenvalue weighted by Gasteiger charge is -2.12. The summed E-state index contributed by atoms with van der Waals surface area (Å²) in [4.78, 5) is 27.6. The molecule has 0 aliphatic rings. The number of carbonyl (C=O) groups excluding carboxylic acids is 1. The van der Waals surface area contributed by atoms with Crippen molar-refractivity contribution >= 4 is 23.1 Å². The van der Waals surface area contributed by atoms with Crippen LogP contribution in [0.3, 0.4) is 0 Å². The van der Waals surface area contributed by atoms with Crippen molar-refractivity contribution in [2.24, 2.45) is 0 Å². The molecule has 2 aromatic carbocycles. The summed E-state index contributed by atoms with van der Waals surface area (Å²) in [7, 11) is 0. The minimum atomic E-state index is -0.723. The fourth-order valence-electron chi connectivity index (χ4n) is 3.26. The van der Waals surface area contributed by atoms with Crippen molar-refractivity contribution in [1.82, 2.24) is 14.1 Å². The smallest absolute Gasteiger partial charge is 0.274 e. The van der Waals surface area contributed by atoms with E-state index in [9.17, 15) is 22.8 Å². The number of halogens is 3. The minimum absolute atomic E-state index is 0.00457. The van der Waals surface area contributed by atoms with Gasteiger partial charge in [-0.25, -0.2) is 18.2 Å². The van der Waals surface area contributed by atoms with Crippen LogP contribution in [-0.4, -0.2) is 20.5 Å². The van der Waals surface area contributed by atoms with E-state index in [1.807, 2.05) is 0 Å². The SMILES string of the molecule is O=CNc1cccn(Cc2nc3cc(F)ccc3n2Cc2ccc(F)cc2F)c1=O. The maximum Gasteiger partial charge on any atom is 0.274 e. The van der Waals surface area contributed by atoms with E-state index in [4.69, 9.17) is 0 Å². The van der Waals surface area contributed by atoms with Gasteiger partial charge in [0.1, 0.15) is 29.0 Å². The highest BCUT2D eigenvalue weighted by Gasteiger charge is 2.15. The summed E-state index contributed by atoms with van der Waals surface area (Å²) in [6.07, 6.45) is 1.91. The van der Waals surface area contributed by atoms with Gasteiger partial charge in [-0.15, -0.1) is 0 Å². The first-order chi connectivity index (χ1) is 14.5. The molecule has 0 bridgehead atoms. The van der Waals surface area contributed by atoms with Crippen LogP contribution in [0.15, 0.2) is 59.5 Å². The van der Waals surface area contributed by atoms with Gasteiger partial charge in [0.2, 0.25) is 6.41 Å². The van der Waals surface area contributed by atoms with Crippen molar-refractivity contribution in [3.63, 3.8) is 0 Å². The number of anilines is 1. The Kier molecular flexibility index (Phi) is 5.09. The molecule has 2 aromatic heterocycles. The lowest BCUT2D eigenvalue weighted by Crippen LogP contribution is -2.24. The van der Waals surface area contributed by atoms with Crippen LogP contribution in [0.2, 0.25) is 0 Å². The number of imidazole rings is 1. The van der Waals surface area contributed by atoms with Gasteiger partial charge in [-0.05, 0) is 30.3 Å². The Labute approximate surface area is 168 Å². The Balaban J connectivity index is 1.81. The standard InChI is InChI=1S/C21H15F3N4O2/c22-14-4-3-13(16(24)8-14)10-28-19-6-5-15(23)9-18(19)26-20(28)11-27-7-1-2-17(21(27)30)25-12-29/h1-9,12H,10-11H2,(H,25,29). The number of amides is 1. The van der Waals surface area contributed by atoms with Crippen LogP contribution in [0.25, 0.3) is 11.0 Å². The van der Waals surface area contributed by atoms with Gasteiger partial charge in [-0.2, -0.15) is 0 Å². The zero-order valence-electron chi connectivity index (χ0n) is 15.5. The molecule has 0 radical (unpaired) electrons. The molecule has 30 heavy (non-hydrogen) atoms. The molecule has 0 atom stereocenters. The summed E-state index contributed by atoms with van der Waals surface area (Å²) in [5.74, 6) is -1.54. The highest BCUT2D eigenvalue weighted by atomic mass is 19.1.